The molecule has 0 bridgehead atoms. The molecule has 3 N–H and O–H groups in total. The summed E-state index contributed by atoms with van der Waals surface area (Å²) in [4.78, 5) is 72.6. The number of carbonyl (C=O) groups excluding carboxylic acids is 4. The van der Waals surface area contributed by atoms with Crippen LogP contribution < -0.4 is 10.6 Å². The number of H-pyrrole nitrogens is 1. The van der Waals surface area contributed by atoms with Crippen molar-refractivity contribution in [2.45, 2.75) is 102 Å². The maximum absolute atomic E-state index is 13.8. The molecule has 1 aromatic heterocycles. The van der Waals surface area contributed by atoms with Gasteiger partial charge in [-0.25, -0.2) is 19.6 Å². The molecule has 2 saturated heterocycles. The first kappa shape index (κ1) is 39.7. The van der Waals surface area contributed by atoms with Crippen LogP contribution in [0.2, 0.25) is 0 Å². The average molecular weight is 780 g/mol. The predicted octanol–water partition coefficient (Wildman–Crippen LogP) is 6.81. The number of hydroxylamine groups is 2. The topological polar surface area (TPSA) is 168 Å². The predicted molar refractivity (Wildman–Crippen MR) is 214 cm³/mol. The van der Waals surface area contributed by atoms with Gasteiger partial charge in [0.2, 0.25) is 5.91 Å². The molecule has 57 heavy (non-hydrogen) atoms. The van der Waals surface area contributed by atoms with E-state index in [0.717, 1.165) is 71.3 Å². The minimum Gasteiger partial charge on any atom is -0.453 e. The zero-order chi connectivity index (χ0) is 40.4. The van der Waals surface area contributed by atoms with Gasteiger partial charge < -0.3 is 30.0 Å². The van der Waals surface area contributed by atoms with Crippen LogP contribution in [0.15, 0.2) is 65.9 Å². The van der Waals surface area contributed by atoms with Crippen LogP contribution in [-0.4, -0.2) is 94.1 Å². The van der Waals surface area contributed by atoms with Crippen molar-refractivity contribution in [3.8, 4) is 22.4 Å². The summed E-state index contributed by atoms with van der Waals surface area (Å²) in [5, 5.41) is 6.81. The number of ether oxygens (including phenoxy) is 2. The molecule has 3 aliphatic heterocycles. The van der Waals surface area contributed by atoms with E-state index in [1.807, 2.05) is 38.8 Å². The van der Waals surface area contributed by atoms with Crippen LogP contribution in [0.4, 0.5) is 9.59 Å². The molecule has 3 aromatic rings. The maximum atomic E-state index is 13.8. The van der Waals surface area contributed by atoms with Gasteiger partial charge in [-0.2, -0.15) is 0 Å². The molecule has 4 amide bonds. The molecule has 4 aliphatic rings. The maximum Gasteiger partial charge on any atom is 0.407 e. The van der Waals surface area contributed by atoms with E-state index in [0.29, 0.717) is 25.2 Å². The van der Waals surface area contributed by atoms with Gasteiger partial charge in [0.05, 0.1) is 37.8 Å². The molecule has 4 heterocycles. The largest absolute Gasteiger partial charge is 0.453 e. The van der Waals surface area contributed by atoms with Gasteiger partial charge in [-0.15, -0.1) is 0 Å². The molecule has 302 valence electrons. The molecule has 7 rings (SSSR count). The van der Waals surface area contributed by atoms with E-state index in [9.17, 15) is 19.2 Å². The smallest absolute Gasteiger partial charge is 0.407 e. The number of benzene rings is 2. The van der Waals surface area contributed by atoms with E-state index in [-0.39, 0.29) is 29.7 Å². The first-order valence-electron chi connectivity index (χ1n) is 19.9. The summed E-state index contributed by atoms with van der Waals surface area (Å²) >= 11 is 0. The van der Waals surface area contributed by atoms with Gasteiger partial charge in [-0.3, -0.25) is 19.4 Å². The van der Waals surface area contributed by atoms with E-state index >= 15 is 0 Å². The van der Waals surface area contributed by atoms with Gasteiger partial charge in [0.15, 0.2) is 0 Å². The number of likely N-dealkylation sites (tertiary alicyclic amines) is 1. The second-order valence-corrected chi connectivity index (χ2v) is 16.2. The quantitative estimate of drug-likeness (QED) is 0.191. The Balaban J connectivity index is 0.993. The Labute approximate surface area is 333 Å². The third-order valence-electron chi connectivity index (χ3n) is 11.8. The Hall–Kier alpha value is -5.50. The molecular formula is C43H53N7O7. The summed E-state index contributed by atoms with van der Waals surface area (Å²) in [6.07, 6.45) is 8.20. The molecule has 0 radical (unpaired) electrons. The van der Waals surface area contributed by atoms with Gasteiger partial charge in [-0.05, 0) is 71.8 Å². The van der Waals surface area contributed by atoms with Gasteiger partial charge in [-0.1, -0.05) is 76.2 Å². The molecule has 0 unspecified atom stereocenters. The van der Waals surface area contributed by atoms with Crippen LogP contribution >= 0.6 is 0 Å². The van der Waals surface area contributed by atoms with Crippen molar-refractivity contribution >= 4 is 35.3 Å². The summed E-state index contributed by atoms with van der Waals surface area (Å²) < 4.78 is 9.55. The third kappa shape index (κ3) is 8.18. The molecular weight excluding hydrogens is 727 g/mol. The number of hydrogen-bond donors (Lipinski definition) is 3. The van der Waals surface area contributed by atoms with Crippen LogP contribution in [0.1, 0.15) is 90.1 Å². The van der Waals surface area contributed by atoms with Crippen LogP contribution in [0.25, 0.3) is 28.0 Å². The Morgan fingerprint density at radius 1 is 0.807 bits per heavy atom. The normalized spacial score (nSPS) is 20.9. The van der Waals surface area contributed by atoms with Crippen LogP contribution in [-0.2, 0) is 23.9 Å². The second kappa shape index (κ2) is 16.5. The van der Waals surface area contributed by atoms with E-state index in [4.69, 9.17) is 24.3 Å². The van der Waals surface area contributed by atoms with Crippen molar-refractivity contribution in [3.63, 3.8) is 0 Å². The number of aliphatic imine (C=N–C) groups is 1. The van der Waals surface area contributed by atoms with Crippen molar-refractivity contribution in [3.05, 3.63) is 72.3 Å². The molecule has 1 aliphatic carbocycles. The highest BCUT2D eigenvalue weighted by Crippen LogP contribution is 2.50. The zero-order valence-electron chi connectivity index (χ0n) is 33.5. The second-order valence-electron chi connectivity index (χ2n) is 16.2. The van der Waals surface area contributed by atoms with Crippen LogP contribution in [0.3, 0.4) is 0 Å². The number of rotatable bonds is 11. The van der Waals surface area contributed by atoms with E-state index in [2.05, 4.69) is 64.1 Å². The molecule has 4 atom stereocenters. The first-order chi connectivity index (χ1) is 27.4. The van der Waals surface area contributed by atoms with Crippen LogP contribution in [0.5, 0.6) is 0 Å². The van der Waals surface area contributed by atoms with E-state index in [1.54, 1.807) is 6.20 Å². The van der Waals surface area contributed by atoms with Crippen molar-refractivity contribution in [2.24, 2.45) is 16.8 Å². The highest BCUT2D eigenvalue weighted by molar-refractivity contribution is 6.04. The monoisotopic (exact) mass is 779 g/mol. The number of alkyl carbamates (subject to hydrolysis) is 2. The van der Waals surface area contributed by atoms with E-state index < -0.39 is 35.9 Å². The number of carbonyl (C=O) groups is 4. The number of amides is 4. The van der Waals surface area contributed by atoms with Gasteiger partial charge in [0.25, 0.3) is 5.91 Å². The molecule has 2 aromatic carbocycles. The fourth-order valence-electron chi connectivity index (χ4n) is 8.31. The number of hydrogen-bond acceptors (Lipinski definition) is 9. The number of methoxy groups -OCH3 is 2. The summed E-state index contributed by atoms with van der Waals surface area (Å²) in [5.74, 6) is -0.0644. The van der Waals surface area contributed by atoms with Gasteiger partial charge in [0.1, 0.15) is 23.9 Å². The number of nitrogens with one attached hydrogen (secondary N) is 3. The summed E-state index contributed by atoms with van der Waals surface area (Å²) in [7, 11) is 2.57. The fourth-order valence-corrected chi connectivity index (χ4v) is 8.31. The Morgan fingerprint density at radius 3 is 1.95 bits per heavy atom. The third-order valence-corrected chi connectivity index (χ3v) is 11.8. The van der Waals surface area contributed by atoms with E-state index in [1.165, 1.54) is 19.3 Å². The Morgan fingerprint density at radius 2 is 1.39 bits per heavy atom. The zero-order valence-corrected chi connectivity index (χ0v) is 33.5. The lowest BCUT2D eigenvalue weighted by Gasteiger charge is -2.37. The molecule has 14 heteroatoms. The SMILES string of the molecule is COC(=O)N[C@H](C(=O)N1CCC[C@H]1C1=NC=C(c2ccc(-c3ccc(-c4cnc([C@@H]5CC6(CCC6)ON5C(=O)[C@@H](NC(=O)OC)C(C)C)[nH]4)cc3)cc2)C1)C(C)C. The van der Waals surface area contributed by atoms with Gasteiger partial charge >= 0.3 is 12.2 Å². The van der Waals surface area contributed by atoms with Crippen molar-refractivity contribution in [2.75, 3.05) is 20.8 Å². The van der Waals surface area contributed by atoms with Gasteiger partial charge in [0, 0.05) is 31.3 Å². The Kier molecular flexibility index (Phi) is 11.5. The van der Waals surface area contributed by atoms with Crippen molar-refractivity contribution < 1.29 is 33.5 Å². The minimum absolute atomic E-state index is 0.0883. The number of imidazole rings is 1. The molecule has 14 nitrogen and oxygen atoms in total. The average Bonchev–Trinajstić information content (AvgIpc) is 4.04. The van der Waals surface area contributed by atoms with Crippen molar-refractivity contribution in [1.82, 2.24) is 30.6 Å². The molecule has 1 spiro atoms. The number of aromatic amines is 1. The fraction of sp³-hybridized carbons (Fsp3) is 0.488. The lowest BCUT2D eigenvalue weighted by Crippen LogP contribution is -2.53. The minimum atomic E-state index is -0.811. The summed E-state index contributed by atoms with van der Waals surface area (Å²) in [5.41, 5.74) is 6.67. The lowest BCUT2D eigenvalue weighted by molar-refractivity contribution is -0.230. The Bertz CT molecular complexity index is 2030. The highest BCUT2D eigenvalue weighted by atomic mass is 16.7. The lowest BCUT2D eigenvalue weighted by atomic mass is 9.77. The standard InChI is InChI=1S/C43H53N7O7/c1-25(2)36(47-41(53)55-5)39(51)49-20-7-9-34(49)32-21-31(23-44-32)29-12-10-27(11-13-29)28-14-16-30(17-15-28)33-24-45-38(46-33)35-22-43(18-8-19-43)57-50(35)40(52)37(26(3)4)48-42(54)56-6/h10-17,23-26,34-37H,7-9,18-22H2,1-6H3,(H,45,46)(H,47,53)(H,48,54)/t34-,35-,36-,37-/m0/s1. The number of nitrogens with zero attached hydrogens (tertiary/aromatic N) is 4. The van der Waals surface area contributed by atoms with Crippen molar-refractivity contribution in [1.29, 1.82) is 0 Å². The summed E-state index contributed by atoms with van der Waals surface area (Å²) in [6.45, 7) is 8.20. The summed E-state index contributed by atoms with van der Waals surface area (Å²) in [6, 6.07) is 14.7. The molecule has 1 saturated carbocycles. The molecule has 3 fully saturated rings. The number of aromatic nitrogens is 2. The first-order valence-corrected chi connectivity index (χ1v) is 19.9. The van der Waals surface area contributed by atoms with Crippen LogP contribution in [0, 0.1) is 11.8 Å². The highest BCUT2D eigenvalue weighted by Gasteiger charge is 2.54. The number of allylic oxidation sites excluding steroid dienone is 1.